The van der Waals surface area contributed by atoms with Gasteiger partial charge in [-0.1, -0.05) is 110 Å². The first-order chi connectivity index (χ1) is 13.2. The second kappa shape index (κ2) is 21.3. The fraction of sp³-hybridized carbons (Fsp3) is 0.875. The Hall–Kier alpha value is -0.990. The number of hydrogen-bond donors (Lipinski definition) is 0. The molecule has 0 spiro atoms. The van der Waals surface area contributed by atoms with Gasteiger partial charge in [-0.05, 0) is 12.8 Å². The predicted molar refractivity (Wildman–Crippen MR) is 116 cm³/mol. The lowest BCUT2D eigenvalue weighted by molar-refractivity contribution is -0.170. The summed E-state index contributed by atoms with van der Waals surface area (Å²) in [5.41, 5.74) is 0. The lowest BCUT2D eigenvalue weighted by Crippen LogP contribution is -2.19. The summed E-state index contributed by atoms with van der Waals surface area (Å²) in [7, 11) is 0. The first kappa shape index (κ1) is 26.0. The quantitative estimate of drug-likeness (QED) is 0.0871. The van der Waals surface area contributed by atoms with E-state index >= 15 is 0 Å². The highest BCUT2D eigenvalue weighted by molar-refractivity contribution is 5.69. The molecular weight excluding hydrogens is 336 g/mol. The molecule has 0 bridgehead atoms. The van der Waals surface area contributed by atoms with E-state index in [2.05, 4.69) is 13.5 Å². The first-order valence-corrected chi connectivity index (χ1v) is 11.7. The zero-order valence-corrected chi connectivity index (χ0v) is 18.3. The van der Waals surface area contributed by atoms with Gasteiger partial charge in [0.15, 0.2) is 0 Å². The van der Waals surface area contributed by atoms with Crippen molar-refractivity contribution in [3.05, 3.63) is 12.8 Å². The topological polar surface area (TPSA) is 35.5 Å². The molecule has 0 aromatic heterocycles. The van der Waals surface area contributed by atoms with Crippen LogP contribution in [0.1, 0.15) is 129 Å². The van der Waals surface area contributed by atoms with Gasteiger partial charge in [-0.2, -0.15) is 0 Å². The Kier molecular flexibility index (Phi) is 20.5. The second-order valence-electron chi connectivity index (χ2n) is 7.71. The SMILES string of the molecule is C=COC(CCC)OC(=O)CCCCCCCCCCCCCCCCC. The Balaban J connectivity index is 3.30. The number of unbranched alkanes of at least 4 members (excludes halogenated alkanes) is 14. The van der Waals surface area contributed by atoms with Crippen LogP contribution in [-0.4, -0.2) is 12.3 Å². The Bertz CT molecular complexity index is 328. The summed E-state index contributed by atoms with van der Waals surface area (Å²) >= 11 is 0. The molecular formula is C24H46O3. The molecule has 3 nitrogen and oxygen atoms in total. The van der Waals surface area contributed by atoms with Crippen LogP contribution in [0.4, 0.5) is 0 Å². The van der Waals surface area contributed by atoms with Crippen LogP contribution in [-0.2, 0) is 14.3 Å². The lowest BCUT2D eigenvalue weighted by atomic mass is 10.0. The van der Waals surface area contributed by atoms with E-state index in [4.69, 9.17) is 9.47 Å². The average Bonchev–Trinajstić information content (AvgIpc) is 2.65. The molecule has 0 saturated carbocycles. The van der Waals surface area contributed by atoms with Crippen molar-refractivity contribution < 1.29 is 14.3 Å². The molecule has 1 unspecified atom stereocenters. The number of carbonyl (C=O) groups is 1. The predicted octanol–water partition coefficient (Wildman–Crippen LogP) is 8.08. The van der Waals surface area contributed by atoms with Crippen molar-refractivity contribution in [3.8, 4) is 0 Å². The van der Waals surface area contributed by atoms with E-state index < -0.39 is 6.29 Å². The van der Waals surface area contributed by atoms with Crippen molar-refractivity contribution in [2.75, 3.05) is 0 Å². The van der Waals surface area contributed by atoms with Crippen LogP contribution in [0.3, 0.4) is 0 Å². The summed E-state index contributed by atoms with van der Waals surface area (Å²) in [4.78, 5) is 11.8. The molecule has 0 aliphatic rings. The minimum Gasteiger partial charge on any atom is -0.463 e. The smallest absolute Gasteiger partial charge is 0.308 e. The highest BCUT2D eigenvalue weighted by Gasteiger charge is 2.12. The molecule has 0 heterocycles. The van der Waals surface area contributed by atoms with Gasteiger partial charge in [-0.25, -0.2) is 0 Å². The number of esters is 1. The second-order valence-corrected chi connectivity index (χ2v) is 7.71. The Morgan fingerprint density at radius 1 is 0.741 bits per heavy atom. The standard InChI is InChI=1S/C24H46O3/c1-4-7-8-9-10-11-12-13-14-15-16-17-18-19-20-22-23(25)27-24(21-5-2)26-6-3/h6,24H,3-5,7-22H2,1-2H3. The minimum atomic E-state index is -0.462. The van der Waals surface area contributed by atoms with Crippen LogP contribution in [0.25, 0.3) is 0 Å². The van der Waals surface area contributed by atoms with E-state index in [-0.39, 0.29) is 5.97 Å². The van der Waals surface area contributed by atoms with Crippen molar-refractivity contribution >= 4 is 5.97 Å². The van der Waals surface area contributed by atoms with Gasteiger partial charge in [-0.15, -0.1) is 0 Å². The van der Waals surface area contributed by atoms with Crippen molar-refractivity contribution in [1.82, 2.24) is 0 Å². The summed E-state index contributed by atoms with van der Waals surface area (Å²) in [5, 5.41) is 0. The molecule has 0 amide bonds. The van der Waals surface area contributed by atoms with E-state index in [0.29, 0.717) is 6.42 Å². The van der Waals surface area contributed by atoms with Crippen molar-refractivity contribution in [1.29, 1.82) is 0 Å². The Morgan fingerprint density at radius 2 is 1.19 bits per heavy atom. The van der Waals surface area contributed by atoms with Gasteiger partial charge in [0, 0.05) is 12.8 Å². The molecule has 27 heavy (non-hydrogen) atoms. The molecule has 0 rings (SSSR count). The fourth-order valence-corrected chi connectivity index (χ4v) is 3.34. The van der Waals surface area contributed by atoms with Gasteiger partial charge in [0.1, 0.15) is 0 Å². The monoisotopic (exact) mass is 382 g/mol. The summed E-state index contributed by atoms with van der Waals surface area (Å²) in [6, 6.07) is 0. The maximum absolute atomic E-state index is 11.8. The summed E-state index contributed by atoms with van der Waals surface area (Å²) in [6.07, 6.45) is 23.0. The van der Waals surface area contributed by atoms with Crippen molar-refractivity contribution in [2.45, 2.75) is 136 Å². The highest BCUT2D eigenvalue weighted by atomic mass is 16.7. The van der Waals surface area contributed by atoms with Crippen molar-refractivity contribution in [2.24, 2.45) is 0 Å². The van der Waals surface area contributed by atoms with Crippen molar-refractivity contribution in [3.63, 3.8) is 0 Å². The Morgan fingerprint density at radius 3 is 1.59 bits per heavy atom. The van der Waals surface area contributed by atoms with Gasteiger partial charge in [-0.3, -0.25) is 4.79 Å². The van der Waals surface area contributed by atoms with E-state index in [0.717, 1.165) is 25.7 Å². The number of ether oxygens (including phenoxy) is 2. The maximum atomic E-state index is 11.8. The molecule has 0 saturated heterocycles. The van der Waals surface area contributed by atoms with Gasteiger partial charge >= 0.3 is 5.97 Å². The number of carbonyl (C=O) groups excluding carboxylic acids is 1. The van der Waals surface area contributed by atoms with E-state index in [9.17, 15) is 4.79 Å². The fourth-order valence-electron chi connectivity index (χ4n) is 3.34. The van der Waals surface area contributed by atoms with Crippen LogP contribution in [0.15, 0.2) is 12.8 Å². The van der Waals surface area contributed by atoms with Crippen LogP contribution >= 0.6 is 0 Å². The molecule has 0 N–H and O–H groups in total. The zero-order valence-electron chi connectivity index (χ0n) is 18.3. The van der Waals surface area contributed by atoms with Crippen LogP contribution in [0, 0.1) is 0 Å². The lowest BCUT2D eigenvalue weighted by Gasteiger charge is -2.16. The summed E-state index contributed by atoms with van der Waals surface area (Å²) in [6.45, 7) is 7.84. The molecule has 1 atom stereocenters. The third-order valence-electron chi connectivity index (χ3n) is 5.02. The highest BCUT2D eigenvalue weighted by Crippen LogP contribution is 2.14. The maximum Gasteiger partial charge on any atom is 0.308 e. The molecule has 3 heteroatoms. The Labute approximate surface area is 169 Å². The third kappa shape index (κ3) is 19.6. The van der Waals surface area contributed by atoms with Gasteiger partial charge in [0.05, 0.1) is 6.26 Å². The van der Waals surface area contributed by atoms with E-state index in [1.165, 1.54) is 89.7 Å². The van der Waals surface area contributed by atoms with Gasteiger partial charge < -0.3 is 9.47 Å². The molecule has 0 fully saturated rings. The minimum absolute atomic E-state index is 0.148. The van der Waals surface area contributed by atoms with Gasteiger partial charge in [0.2, 0.25) is 6.29 Å². The average molecular weight is 383 g/mol. The summed E-state index contributed by atoms with van der Waals surface area (Å²) < 4.78 is 10.5. The molecule has 0 aromatic rings. The van der Waals surface area contributed by atoms with E-state index in [1.807, 2.05) is 6.92 Å². The van der Waals surface area contributed by atoms with Crippen LogP contribution < -0.4 is 0 Å². The molecule has 0 aliphatic carbocycles. The van der Waals surface area contributed by atoms with E-state index in [1.54, 1.807) is 0 Å². The largest absolute Gasteiger partial charge is 0.463 e. The zero-order chi connectivity index (χ0) is 20.0. The third-order valence-corrected chi connectivity index (χ3v) is 5.02. The first-order valence-electron chi connectivity index (χ1n) is 11.7. The van der Waals surface area contributed by atoms with Crippen LogP contribution in [0.5, 0.6) is 0 Å². The number of rotatable bonds is 21. The van der Waals surface area contributed by atoms with Gasteiger partial charge in [0.25, 0.3) is 0 Å². The molecule has 0 radical (unpaired) electrons. The van der Waals surface area contributed by atoms with Crippen LogP contribution in [0.2, 0.25) is 0 Å². The summed E-state index contributed by atoms with van der Waals surface area (Å²) in [5.74, 6) is -0.148. The molecule has 160 valence electrons. The molecule has 0 aromatic carbocycles. The molecule has 0 aliphatic heterocycles. The number of hydrogen-bond acceptors (Lipinski definition) is 3. The normalized spacial score (nSPS) is 11.9.